The molecule has 1 N–H and O–H groups in total. The van der Waals surface area contributed by atoms with Crippen molar-refractivity contribution in [3.05, 3.63) is 23.5 Å². The lowest BCUT2D eigenvalue weighted by Crippen LogP contribution is -2.44. The highest BCUT2D eigenvalue weighted by Gasteiger charge is 2.32. The van der Waals surface area contributed by atoms with Gasteiger partial charge >= 0.3 is 6.18 Å². The number of piperazine rings is 1. The van der Waals surface area contributed by atoms with Crippen molar-refractivity contribution in [2.24, 2.45) is 0 Å². The van der Waals surface area contributed by atoms with E-state index in [1.807, 2.05) is 6.07 Å². The fourth-order valence-electron chi connectivity index (χ4n) is 1.84. The highest BCUT2D eigenvalue weighted by Crippen LogP contribution is 2.32. The van der Waals surface area contributed by atoms with E-state index in [4.69, 9.17) is 5.26 Å². The number of hydrogen-bond acceptors (Lipinski definition) is 4. The van der Waals surface area contributed by atoms with E-state index in [1.165, 1.54) is 0 Å². The Labute approximate surface area is 102 Å². The highest BCUT2D eigenvalue weighted by atomic mass is 19.4. The van der Waals surface area contributed by atoms with Crippen molar-refractivity contribution >= 4 is 5.69 Å². The first-order valence-corrected chi connectivity index (χ1v) is 5.45. The largest absolute Gasteiger partial charge is 0.417 e. The van der Waals surface area contributed by atoms with E-state index < -0.39 is 11.7 Å². The van der Waals surface area contributed by atoms with Crippen LogP contribution in [-0.4, -0.2) is 31.2 Å². The van der Waals surface area contributed by atoms with Gasteiger partial charge in [0.25, 0.3) is 0 Å². The lowest BCUT2D eigenvalue weighted by molar-refractivity contribution is -0.137. The monoisotopic (exact) mass is 256 g/mol. The molecule has 2 heterocycles. The van der Waals surface area contributed by atoms with Gasteiger partial charge in [-0.3, -0.25) is 0 Å². The van der Waals surface area contributed by atoms with Crippen LogP contribution < -0.4 is 10.2 Å². The van der Waals surface area contributed by atoms with Crippen LogP contribution in [0, 0.1) is 11.3 Å². The van der Waals surface area contributed by atoms with E-state index in [0.717, 1.165) is 6.07 Å². The molecule has 0 radical (unpaired) electrons. The third-order valence-electron chi connectivity index (χ3n) is 2.76. The Hall–Kier alpha value is -1.81. The summed E-state index contributed by atoms with van der Waals surface area (Å²) in [6, 6.07) is 2.83. The van der Waals surface area contributed by atoms with Gasteiger partial charge in [0.1, 0.15) is 6.07 Å². The lowest BCUT2D eigenvalue weighted by atomic mass is 10.2. The summed E-state index contributed by atoms with van der Waals surface area (Å²) in [5, 5.41) is 12.0. The highest BCUT2D eigenvalue weighted by molar-refractivity contribution is 5.57. The molecule has 1 aliphatic heterocycles. The molecule has 0 spiro atoms. The average Bonchev–Trinajstić information content (AvgIpc) is 2.38. The number of anilines is 1. The zero-order valence-electron chi connectivity index (χ0n) is 9.46. The average molecular weight is 256 g/mol. The second kappa shape index (κ2) is 4.82. The predicted octanol–water partition coefficient (Wildman–Crippen LogP) is 1.38. The summed E-state index contributed by atoms with van der Waals surface area (Å²) in [5.74, 6) is 0. The molecule has 18 heavy (non-hydrogen) atoms. The van der Waals surface area contributed by atoms with Crippen LogP contribution in [0.15, 0.2) is 12.3 Å². The minimum atomic E-state index is -4.44. The molecule has 1 aromatic rings. The second-order valence-corrected chi connectivity index (χ2v) is 3.94. The third kappa shape index (κ3) is 2.54. The molecule has 96 valence electrons. The van der Waals surface area contributed by atoms with Gasteiger partial charge in [-0.25, -0.2) is 4.98 Å². The summed E-state index contributed by atoms with van der Waals surface area (Å²) in [7, 11) is 0. The quantitative estimate of drug-likeness (QED) is 0.824. The zero-order chi connectivity index (χ0) is 13.2. The van der Waals surface area contributed by atoms with Crippen LogP contribution in [0.4, 0.5) is 18.9 Å². The summed E-state index contributed by atoms with van der Waals surface area (Å²) in [4.78, 5) is 5.34. The Balaban J connectivity index is 2.39. The van der Waals surface area contributed by atoms with Gasteiger partial charge in [0, 0.05) is 32.4 Å². The molecule has 1 saturated heterocycles. The lowest BCUT2D eigenvalue weighted by Gasteiger charge is -2.30. The van der Waals surface area contributed by atoms with Crippen LogP contribution in [0.2, 0.25) is 0 Å². The van der Waals surface area contributed by atoms with Crippen LogP contribution in [0.3, 0.4) is 0 Å². The van der Waals surface area contributed by atoms with Gasteiger partial charge in [-0.2, -0.15) is 18.4 Å². The van der Waals surface area contributed by atoms with Crippen molar-refractivity contribution in [2.45, 2.75) is 6.18 Å². The van der Waals surface area contributed by atoms with Crippen LogP contribution in [0.1, 0.15) is 11.3 Å². The van der Waals surface area contributed by atoms with E-state index in [0.29, 0.717) is 32.4 Å². The summed E-state index contributed by atoms with van der Waals surface area (Å²) in [5.41, 5.74) is -0.534. The van der Waals surface area contributed by atoms with Crippen LogP contribution in [-0.2, 0) is 6.18 Å². The van der Waals surface area contributed by atoms with Crippen LogP contribution >= 0.6 is 0 Å². The van der Waals surface area contributed by atoms with Gasteiger partial charge in [0.15, 0.2) is 5.69 Å². The molecular formula is C11H11F3N4. The van der Waals surface area contributed by atoms with Gasteiger partial charge < -0.3 is 10.2 Å². The Morgan fingerprint density at radius 2 is 2.00 bits per heavy atom. The Kier molecular flexibility index (Phi) is 3.39. The standard InChI is InChI=1S/C11H11F3N4/c12-11(13,14)8-5-10(9(6-15)17-7-8)18-3-1-16-2-4-18/h5,7,16H,1-4H2. The molecule has 0 amide bonds. The summed E-state index contributed by atoms with van der Waals surface area (Å²) < 4.78 is 37.9. The molecule has 1 fully saturated rings. The fraction of sp³-hybridized carbons (Fsp3) is 0.455. The summed E-state index contributed by atoms with van der Waals surface area (Å²) in [6.07, 6.45) is -3.74. The van der Waals surface area contributed by atoms with Gasteiger partial charge in [-0.1, -0.05) is 0 Å². The topological polar surface area (TPSA) is 52.0 Å². The van der Waals surface area contributed by atoms with Crippen LogP contribution in [0.25, 0.3) is 0 Å². The van der Waals surface area contributed by atoms with E-state index in [-0.39, 0.29) is 11.4 Å². The van der Waals surface area contributed by atoms with Crippen molar-refractivity contribution in [1.29, 1.82) is 5.26 Å². The molecule has 1 aromatic heterocycles. The predicted molar refractivity (Wildman–Crippen MR) is 59.0 cm³/mol. The normalized spacial score (nSPS) is 16.4. The van der Waals surface area contributed by atoms with Gasteiger partial charge in [-0.05, 0) is 6.07 Å². The van der Waals surface area contributed by atoms with E-state index in [2.05, 4.69) is 10.3 Å². The number of nitrogens with zero attached hydrogens (tertiary/aromatic N) is 3. The molecule has 0 unspecified atom stereocenters. The second-order valence-electron chi connectivity index (χ2n) is 3.94. The van der Waals surface area contributed by atoms with Gasteiger partial charge in [0.05, 0.1) is 11.3 Å². The molecule has 0 saturated carbocycles. The number of pyridine rings is 1. The van der Waals surface area contributed by atoms with E-state index in [9.17, 15) is 13.2 Å². The maximum atomic E-state index is 12.6. The number of nitriles is 1. The van der Waals surface area contributed by atoms with Crippen molar-refractivity contribution < 1.29 is 13.2 Å². The molecule has 1 aliphatic rings. The Morgan fingerprint density at radius 3 is 2.56 bits per heavy atom. The number of nitrogens with one attached hydrogen (secondary N) is 1. The zero-order valence-corrected chi connectivity index (χ0v) is 9.46. The Bertz CT molecular complexity index is 472. The van der Waals surface area contributed by atoms with Gasteiger partial charge in [0.2, 0.25) is 0 Å². The molecular weight excluding hydrogens is 245 g/mol. The number of halogens is 3. The van der Waals surface area contributed by atoms with Crippen molar-refractivity contribution in [3.63, 3.8) is 0 Å². The number of hydrogen-bond donors (Lipinski definition) is 1. The molecule has 0 aromatic carbocycles. The first kappa shape index (κ1) is 12.6. The van der Waals surface area contributed by atoms with Crippen LogP contribution in [0.5, 0.6) is 0 Å². The number of alkyl halides is 3. The third-order valence-corrected chi connectivity index (χ3v) is 2.76. The Morgan fingerprint density at radius 1 is 1.33 bits per heavy atom. The molecule has 7 heteroatoms. The molecule has 0 bridgehead atoms. The van der Waals surface area contributed by atoms with Crippen molar-refractivity contribution in [2.75, 3.05) is 31.1 Å². The SMILES string of the molecule is N#Cc1ncc(C(F)(F)F)cc1N1CCNCC1. The minimum absolute atomic E-state index is 0.0323. The van der Waals surface area contributed by atoms with Gasteiger partial charge in [-0.15, -0.1) is 0 Å². The first-order valence-electron chi connectivity index (χ1n) is 5.45. The summed E-state index contributed by atoms with van der Waals surface area (Å²) in [6.45, 7) is 2.50. The van der Waals surface area contributed by atoms with Crippen molar-refractivity contribution in [3.8, 4) is 6.07 Å². The molecule has 4 nitrogen and oxygen atoms in total. The maximum absolute atomic E-state index is 12.6. The smallest absolute Gasteiger partial charge is 0.367 e. The maximum Gasteiger partial charge on any atom is 0.417 e. The van der Waals surface area contributed by atoms with E-state index in [1.54, 1.807) is 4.90 Å². The fourth-order valence-corrected chi connectivity index (χ4v) is 1.84. The molecule has 2 rings (SSSR count). The number of rotatable bonds is 1. The van der Waals surface area contributed by atoms with E-state index >= 15 is 0 Å². The first-order chi connectivity index (χ1) is 8.52. The van der Waals surface area contributed by atoms with Crippen molar-refractivity contribution in [1.82, 2.24) is 10.3 Å². The molecule has 0 atom stereocenters. The number of aromatic nitrogens is 1. The molecule has 0 aliphatic carbocycles. The minimum Gasteiger partial charge on any atom is -0.367 e. The summed E-state index contributed by atoms with van der Waals surface area (Å²) >= 11 is 0.